The highest BCUT2D eigenvalue weighted by molar-refractivity contribution is 6.10. The van der Waals surface area contributed by atoms with Crippen LogP contribution < -0.4 is 4.90 Å². The highest BCUT2D eigenvalue weighted by Crippen LogP contribution is 2.40. The Labute approximate surface area is 155 Å². The number of fused-ring (bicyclic) bond motifs is 3. The van der Waals surface area contributed by atoms with Crippen LogP contribution in [0.4, 0.5) is 11.4 Å². The van der Waals surface area contributed by atoms with E-state index in [9.17, 15) is 0 Å². The van der Waals surface area contributed by atoms with Crippen LogP contribution in [0.3, 0.4) is 0 Å². The van der Waals surface area contributed by atoms with Gasteiger partial charge in [-0.1, -0.05) is 68.8 Å². The first-order valence-electron chi connectivity index (χ1n) is 9.11. The molecule has 0 radical (unpaired) electrons. The highest BCUT2D eigenvalue weighted by atomic mass is 16.3. The smallest absolute Gasteiger partial charge is 0.159 e. The van der Waals surface area contributed by atoms with Crippen LogP contribution in [-0.2, 0) is 5.41 Å². The maximum atomic E-state index is 6.47. The molecular formula is C24H25NO. The minimum atomic E-state index is 0.0381. The van der Waals surface area contributed by atoms with Crippen LogP contribution in [0.1, 0.15) is 31.9 Å². The molecule has 1 aromatic heterocycles. The van der Waals surface area contributed by atoms with Crippen molar-refractivity contribution >= 4 is 33.3 Å². The van der Waals surface area contributed by atoms with E-state index in [-0.39, 0.29) is 5.41 Å². The molecule has 2 heteroatoms. The second-order valence-electron chi connectivity index (χ2n) is 8.08. The van der Waals surface area contributed by atoms with Crippen LogP contribution in [0.2, 0.25) is 0 Å². The lowest BCUT2D eigenvalue weighted by molar-refractivity contribution is 0.573. The second-order valence-corrected chi connectivity index (χ2v) is 8.08. The molecule has 0 fully saturated rings. The molecule has 132 valence electrons. The molecular weight excluding hydrogens is 318 g/mol. The van der Waals surface area contributed by atoms with Crippen LogP contribution in [0.5, 0.6) is 0 Å². The van der Waals surface area contributed by atoms with Gasteiger partial charge in [0, 0.05) is 29.1 Å². The average molecular weight is 343 g/mol. The molecule has 0 bridgehead atoms. The Balaban J connectivity index is 1.96. The zero-order chi connectivity index (χ0) is 18.5. The minimum absolute atomic E-state index is 0.0381. The molecule has 26 heavy (non-hydrogen) atoms. The van der Waals surface area contributed by atoms with Gasteiger partial charge in [0.15, 0.2) is 5.58 Å². The van der Waals surface area contributed by atoms with Crippen LogP contribution in [0, 0.1) is 6.92 Å². The third-order valence-corrected chi connectivity index (χ3v) is 5.09. The summed E-state index contributed by atoms with van der Waals surface area (Å²) in [4.78, 5) is 2.20. The fourth-order valence-electron chi connectivity index (χ4n) is 3.57. The van der Waals surface area contributed by atoms with Crippen LogP contribution in [0.25, 0.3) is 21.9 Å². The molecule has 0 atom stereocenters. The molecule has 0 unspecified atom stereocenters. The molecule has 3 aromatic carbocycles. The van der Waals surface area contributed by atoms with E-state index < -0.39 is 0 Å². The summed E-state index contributed by atoms with van der Waals surface area (Å²) >= 11 is 0. The minimum Gasteiger partial charge on any atom is -0.454 e. The summed E-state index contributed by atoms with van der Waals surface area (Å²) in [6.45, 7) is 8.80. The van der Waals surface area contributed by atoms with Gasteiger partial charge in [0.05, 0.1) is 5.69 Å². The van der Waals surface area contributed by atoms with E-state index in [4.69, 9.17) is 4.42 Å². The summed E-state index contributed by atoms with van der Waals surface area (Å²) in [6.07, 6.45) is 0. The number of hydrogen-bond donors (Lipinski definition) is 0. The Morgan fingerprint density at radius 1 is 0.769 bits per heavy atom. The molecule has 4 aromatic rings. The lowest BCUT2D eigenvalue weighted by Crippen LogP contribution is -2.11. The number of rotatable bonds is 2. The first-order chi connectivity index (χ1) is 12.4. The zero-order valence-electron chi connectivity index (χ0n) is 16.1. The Morgan fingerprint density at radius 3 is 2.04 bits per heavy atom. The van der Waals surface area contributed by atoms with Crippen molar-refractivity contribution in [3.05, 3.63) is 71.8 Å². The molecule has 4 rings (SSSR count). The Bertz CT molecular complexity index is 1080. The van der Waals surface area contributed by atoms with E-state index in [1.54, 1.807) is 0 Å². The van der Waals surface area contributed by atoms with Crippen LogP contribution >= 0.6 is 0 Å². The third kappa shape index (κ3) is 2.66. The van der Waals surface area contributed by atoms with E-state index >= 15 is 0 Å². The van der Waals surface area contributed by atoms with Gasteiger partial charge in [0.25, 0.3) is 0 Å². The molecule has 0 aliphatic carbocycles. The molecule has 0 saturated carbocycles. The molecule has 0 spiro atoms. The van der Waals surface area contributed by atoms with Crippen LogP contribution in [-0.4, -0.2) is 7.05 Å². The summed E-state index contributed by atoms with van der Waals surface area (Å²) in [5.41, 5.74) is 6.73. The fraction of sp³-hybridized carbons (Fsp3) is 0.250. The first-order valence-corrected chi connectivity index (χ1v) is 9.11. The molecule has 0 amide bonds. The van der Waals surface area contributed by atoms with E-state index in [0.29, 0.717) is 0 Å². The summed E-state index contributed by atoms with van der Waals surface area (Å²) in [5, 5.41) is 2.36. The topological polar surface area (TPSA) is 16.4 Å². The molecule has 0 aliphatic heterocycles. The van der Waals surface area contributed by atoms with Gasteiger partial charge < -0.3 is 9.32 Å². The second kappa shape index (κ2) is 5.91. The van der Waals surface area contributed by atoms with Gasteiger partial charge in [-0.2, -0.15) is 0 Å². The van der Waals surface area contributed by atoms with Gasteiger partial charge in [-0.3, -0.25) is 0 Å². The fourth-order valence-corrected chi connectivity index (χ4v) is 3.57. The summed E-state index contributed by atoms with van der Waals surface area (Å²) in [5.74, 6) is 0. The number of furan rings is 1. The van der Waals surface area contributed by atoms with E-state index in [2.05, 4.69) is 100 Å². The molecule has 2 nitrogen and oxygen atoms in total. The van der Waals surface area contributed by atoms with Gasteiger partial charge >= 0.3 is 0 Å². The van der Waals surface area contributed by atoms with Crippen molar-refractivity contribution in [3.63, 3.8) is 0 Å². The van der Waals surface area contributed by atoms with Crippen molar-refractivity contribution in [3.8, 4) is 0 Å². The quantitative estimate of drug-likeness (QED) is 0.391. The van der Waals surface area contributed by atoms with Gasteiger partial charge in [-0.15, -0.1) is 0 Å². The van der Waals surface area contributed by atoms with Crippen molar-refractivity contribution < 1.29 is 4.42 Å². The van der Waals surface area contributed by atoms with Crippen molar-refractivity contribution in [1.29, 1.82) is 0 Å². The standard InChI is InChI=1S/C24H25NO/c1-16-12-14-17(15-13-16)25(5)21-11-7-9-19-18-8-6-10-20(24(2,3)4)22(18)26-23(19)21/h6-15H,1-5H3. The SMILES string of the molecule is Cc1ccc(N(C)c2cccc3c2oc2c(C(C)(C)C)cccc23)cc1. The predicted molar refractivity (Wildman–Crippen MR) is 112 cm³/mol. The van der Waals surface area contributed by atoms with Crippen molar-refractivity contribution in [2.24, 2.45) is 0 Å². The highest BCUT2D eigenvalue weighted by Gasteiger charge is 2.22. The molecule has 1 heterocycles. The first kappa shape index (κ1) is 16.7. The molecule has 0 aliphatic rings. The Kier molecular flexibility index (Phi) is 3.80. The van der Waals surface area contributed by atoms with E-state index in [0.717, 1.165) is 22.5 Å². The molecule has 0 saturated heterocycles. The number of anilines is 2. The number of aryl methyl sites for hydroxylation is 1. The maximum Gasteiger partial charge on any atom is 0.159 e. The largest absolute Gasteiger partial charge is 0.454 e. The number of para-hydroxylation sites is 2. The van der Waals surface area contributed by atoms with E-state index in [1.807, 2.05) is 0 Å². The lowest BCUT2D eigenvalue weighted by Gasteiger charge is -2.20. The third-order valence-electron chi connectivity index (χ3n) is 5.09. The van der Waals surface area contributed by atoms with Gasteiger partial charge in [0.2, 0.25) is 0 Å². The number of hydrogen-bond acceptors (Lipinski definition) is 2. The Hall–Kier alpha value is -2.74. The summed E-state index contributed by atoms with van der Waals surface area (Å²) in [7, 11) is 2.09. The monoisotopic (exact) mass is 343 g/mol. The number of nitrogens with zero attached hydrogens (tertiary/aromatic N) is 1. The van der Waals surface area contributed by atoms with Gasteiger partial charge in [0.1, 0.15) is 5.58 Å². The maximum absolute atomic E-state index is 6.47. The zero-order valence-corrected chi connectivity index (χ0v) is 16.1. The molecule has 0 N–H and O–H groups in total. The van der Waals surface area contributed by atoms with Gasteiger partial charge in [-0.25, -0.2) is 0 Å². The summed E-state index contributed by atoms with van der Waals surface area (Å²) < 4.78 is 6.47. The average Bonchev–Trinajstić information content (AvgIpc) is 2.99. The normalized spacial score (nSPS) is 12.0. The van der Waals surface area contributed by atoms with Crippen LogP contribution in [0.15, 0.2) is 65.1 Å². The van der Waals surface area contributed by atoms with Crippen molar-refractivity contribution in [1.82, 2.24) is 0 Å². The lowest BCUT2D eigenvalue weighted by atomic mass is 9.86. The predicted octanol–water partition coefficient (Wildman–Crippen LogP) is 6.96. The van der Waals surface area contributed by atoms with Crippen molar-refractivity contribution in [2.45, 2.75) is 33.1 Å². The van der Waals surface area contributed by atoms with E-state index in [1.165, 1.54) is 21.9 Å². The van der Waals surface area contributed by atoms with Gasteiger partial charge in [-0.05, 0) is 30.5 Å². The Morgan fingerprint density at radius 2 is 1.38 bits per heavy atom. The number of benzene rings is 3. The van der Waals surface area contributed by atoms with Crippen molar-refractivity contribution in [2.75, 3.05) is 11.9 Å². The summed E-state index contributed by atoms with van der Waals surface area (Å²) in [6, 6.07) is 21.4.